The highest BCUT2D eigenvalue weighted by atomic mass is 32.1. The fraction of sp³-hybridized carbons (Fsp3) is 0.722. The quantitative estimate of drug-likeness (QED) is 0.871. The van der Waals surface area contributed by atoms with Crippen molar-refractivity contribution in [2.45, 2.75) is 83.0 Å². The van der Waals surface area contributed by atoms with Crippen LogP contribution in [0.4, 0.5) is 4.79 Å². The van der Waals surface area contributed by atoms with Gasteiger partial charge in [-0.1, -0.05) is 0 Å². The maximum atomic E-state index is 12.1. The second-order valence-electron chi connectivity index (χ2n) is 7.70. The van der Waals surface area contributed by atoms with Crippen LogP contribution < -0.4 is 10.6 Å². The highest BCUT2D eigenvalue weighted by Crippen LogP contribution is 2.35. The number of amides is 1. The molecule has 1 fully saturated rings. The lowest BCUT2D eigenvalue weighted by molar-refractivity contribution is 0.0496. The Labute approximate surface area is 143 Å². The maximum Gasteiger partial charge on any atom is 0.407 e. The number of alkyl carbamates (subject to hydrolysis) is 1. The van der Waals surface area contributed by atoms with Gasteiger partial charge >= 0.3 is 6.09 Å². The second kappa shape index (κ2) is 6.81. The van der Waals surface area contributed by atoms with Crippen LogP contribution in [0.2, 0.25) is 0 Å². The molecule has 0 aromatic carbocycles. The summed E-state index contributed by atoms with van der Waals surface area (Å²) in [7, 11) is 0. The zero-order chi connectivity index (χ0) is 16.4. The molecule has 128 valence electrons. The van der Waals surface area contributed by atoms with Crippen molar-refractivity contribution >= 4 is 17.4 Å². The minimum atomic E-state index is -0.444. The standard InChI is InChI=1S/C18H28N2O2S/c1-18(2,3)22-17(21)20-15-8-4-7-14(15)19-13-6-5-9-16-12(13)10-11-23-16/h10-11,13-15,19H,4-9H2,1-3H3,(H,20,21). The Morgan fingerprint density at radius 3 is 2.78 bits per heavy atom. The average Bonchev–Trinajstić information content (AvgIpc) is 3.07. The first-order valence-corrected chi connectivity index (χ1v) is 9.62. The van der Waals surface area contributed by atoms with E-state index in [2.05, 4.69) is 22.1 Å². The molecular formula is C18H28N2O2S. The fourth-order valence-electron chi connectivity index (χ4n) is 3.71. The van der Waals surface area contributed by atoms with Gasteiger partial charge in [-0.2, -0.15) is 0 Å². The van der Waals surface area contributed by atoms with E-state index in [0.29, 0.717) is 12.1 Å². The molecule has 5 heteroatoms. The highest BCUT2D eigenvalue weighted by Gasteiger charge is 2.33. The molecule has 1 heterocycles. The summed E-state index contributed by atoms with van der Waals surface area (Å²) in [5, 5.41) is 9.09. The first kappa shape index (κ1) is 16.8. The molecule has 3 unspecified atom stereocenters. The molecule has 0 radical (unpaired) electrons. The van der Waals surface area contributed by atoms with E-state index in [1.807, 2.05) is 32.1 Å². The summed E-state index contributed by atoms with van der Waals surface area (Å²) in [6.07, 6.45) is 6.67. The van der Waals surface area contributed by atoms with Gasteiger partial charge in [0.15, 0.2) is 0 Å². The topological polar surface area (TPSA) is 50.4 Å². The number of fused-ring (bicyclic) bond motifs is 1. The van der Waals surface area contributed by atoms with Crippen LogP contribution >= 0.6 is 11.3 Å². The number of nitrogens with one attached hydrogen (secondary N) is 2. The highest BCUT2D eigenvalue weighted by molar-refractivity contribution is 7.10. The molecule has 0 spiro atoms. The molecule has 3 atom stereocenters. The van der Waals surface area contributed by atoms with E-state index in [1.165, 1.54) is 29.7 Å². The van der Waals surface area contributed by atoms with Crippen LogP contribution in [-0.4, -0.2) is 23.8 Å². The number of ether oxygens (including phenoxy) is 1. The lowest BCUT2D eigenvalue weighted by atomic mass is 9.93. The van der Waals surface area contributed by atoms with Gasteiger partial charge in [0.2, 0.25) is 0 Å². The first-order valence-electron chi connectivity index (χ1n) is 8.74. The van der Waals surface area contributed by atoms with Crippen molar-refractivity contribution in [3.05, 3.63) is 21.9 Å². The molecule has 1 amide bonds. The summed E-state index contributed by atoms with van der Waals surface area (Å²) in [5.41, 5.74) is 1.03. The number of aryl methyl sites for hydroxylation is 1. The van der Waals surface area contributed by atoms with Gasteiger partial charge in [0.05, 0.1) is 0 Å². The Bertz CT molecular complexity index is 549. The van der Waals surface area contributed by atoms with E-state index >= 15 is 0 Å². The van der Waals surface area contributed by atoms with E-state index in [-0.39, 0.29) is 12.1 Å². The minimum Gasteiger partial charge on any atom is -0.444 e. The Balaban J connectivity index is 1.59. The number of rotatable bonds is 3. The molecule has 2 aliphatic carbocycles. The predicted octanol–water partition coefficient (Wildman–Crippen LogP) is 4.16. The van der Waals surface area contributed by atoms with E-state index in [0.717, 1.165) is 19.3 Å². The smallest absolute Gasteiger partial charge is 0.407 e. The van der Waals surface area contributed by atoms with E-state index in [1.54, 1.807) is 0 Å². The lowest BCUT2D eigenvalue weighted by Gasteiger charge is -2.31. The molecule has 23 heavy (non-hydrogen) atoms. The number of thiophene rings is 1. The van der Waals surface area contributed by atoms with Gasteiger partial charge in [0, 0.05) is 23.0 Å². The van der Waals surface area contributed by atoms with Crippen LogP contribution in [0.25, 0.3) is 0 Å². The lowest BCUT2D eigenvalue weighted by Crippen LogP contribution is -2.49. The van der Waals surface area contributed by atoms with Crippen LogP contribution in [0.3, 0.4) is 0 Å². The number of carbonyl (C=O) groups is 1. The van der Waals surface area contributed by atoms with Gasteiger partial charge in [-0.25, -0.2) is 4.79 Å². The molecule has 0 bridgehead atoms. The molecule has 4 nitrogen and oxygen atoms in total. The van der Waals surface area contributed by atoms with Gasteiger partial charge in [0.25, 0.3) is 0 Å². The van der Waals surface area contributed by atoms with Gasteiger partial charge < -0.3 is 15.4 Å². The molecule has 1 saturated carbocycles. The minimum absolute atomic E-state index is 0.175. The van der Waals surface area contributed by atoms with E-state index in [4.69, 9.17) is 4.74 Å². The van der Waals surface area contributed by atoms with Gasteiger partial charge in [-0.15, -0.1) is 11.3 Å². The summed E-state index contributed by atoms with van der Waals surface area (Å²) in [5.74, 6) is 0. The third-order valence-electron chi connectivity index (χ3n) is 4.69. The predicted molar refractivity (Wildman–Crippen MR) is 93.9 cm³/mol. The molecule has 0 aliphatic heterocycles. The molecule has 1 aromatic heterocycles. The number of hydrogen-bond donors (Lipinski definition) is 2. The Hall–Kier alpha value is -1.07. The summed E-state index contributed by atoms with van der Waals surface area (Å²) < 4.78 is 5.41. The molecule has 2 aliphatic rings. The third-order valence-corrected chi connectivity index (χ3v) is 5.68. The molecule has 0 saturated heterocycles. The largest absolute Gasteiger partial charge is 0.444 e. The van der Waals surface area contributed by atoms with E-state index in [9.17, 15) is 4.79 Å². The SMILES string of the molecule is CC(C)(C)OC(=O)NC1CCCC1NC1CCCc2sccc21. The molecule has 3 rings (SSSR count). The first-order chi connectivity index (χ1) is 10.9. The van der Waals surface area contributed by atoms with E-state index < -0.39 is 5.60 Å². The van der Waals surface area contributed by atoms with Crippen molar-refractivity contribution in [2.24, 2.45) is 0 Å². The Morgan fingerprint density at radius 2 is 2.00 bits per heavy atom. The summed E-state index contributed by atoms with van der Waals surface area (Å²) in [6.45, 7) is 5.70. The van der Waals surface area contributed by atoms with Gasteiger partial charge in [-0.3, -0.25) is 0 Å². The van der Waals surface area contributed by atoms with Crippen LogP contribution in [0.5, 0.6) is 0 Å². The monoisotopic (exact) mass is 336 g/mol. The zero-order valence-electron chi connectivity index (χ0n) is 14.4. The Morgan fingerprint density at radius 1 is 1.22 bits per heavy atom. The van der Waals surface area contributed by atoms with Gasteiger partial charge in [0.1, 0.15) is 5.60 Å². The Kier molecular flexibility index (Phi) is 4.97. The zero-order valence-corrected chi connectivity index (χ0v) is 15.2. The van der Waals surface area contributed by atoms with Crippen LogP contribution in [-0.2, 0) is 11.2 Å². The average molecular weight is 337 g/mol. The van der Waals surface area contributed by atoms with Gasteiger partial charge in [-0.05, 0) is 76.3 Å². The van der Waals surface area contributed by atoms with Crippen LogP contribution in [0.15, 0.2) is 11.4 Å². The summed E-state index contributed by atoms with van der Waals surface area (Å²) in [4.78, 5) is 13.6. The normalized spacial score (nSPS) is 27.5. The fourth-order valence-corrected chi connectivity index (χ4v) is 4.70. The van der Waals surface area contributed by atoms with Crippen molar-refractivity contribution < 1.29 is 9.53 Å². The van der Waals surface area contributed by atoms with Crippen molar-refractivity contribution in [2.75, 3.05) is 0 Å². The molecule has 2 N–H and O–H groups in total. The van der Waals surface area contributed by atoms with Crippen molar-refractivity contribution in [3.63, 3.8) is 0 Å². The second-order valence-corrected chi connectivity index (χ2v) is 8.70. The molecular weight excluding hydrogens is 308 g/mol. The summed E-state index contributed by atoms with van der Waals surface area (Å²) >= 11 is 1.88. The van der Waals surface area contributed by atoms with Crippen LogP contribution in [0, 0.1) is 0 Å². The summed E-state index contributed by atoms with van der Waals surface area (Å²) in [6, 6.07) is 3.23. The van der Waals surface area contributed by atoms with Crippen molar-refractivity contribution in [3.8, 4) is 0 Å². The maximum absolute atomic E-state index is 12.1. The number of carbonyl (C=O) groups excluding carboxylic acids is 1. The molecule has 1 aromatic rings. The third kappa shape index (κ3) is 4.27. The number of hydrogen-bond acceptors (Lipinski definition) is 4. The van der Waals surface area contributed by atoms with Crippen molar-refractivity contribution in [1.82, 2.24) is 10.6 Å². The van der Waals surface area contributed by atoms with Crippen molar-refractivity contribution in [1.29, 1.82) is 0 Å². The van der Waals surface area contributed by atoms with Crippen LogP contribution in [0.1, 0.15) is 69.4 Å².